The number of amides is 1. The summed E-state index contributed by atoms with van der Waals surface area (Å²) in [5, 5.41) is 6.10. The van der Waals surface area contributed by atoms with Crippen molar-refractivity contribution in [1.29, 1.82) is 0 Å². The van der Waals surface area contributed by atoms with Gasteiger partial charge in [-0.1, -0.05) is 18.2 Å². The molecule has 0 aliphatic heterocycles. The normalized spacial score (nSPS) is 28.9. The van der Waals surface area contributed by atoms with Crippen LogP contribution in [0, 0.1) is 11.8 Å². The number of carbonyl (C=O) groups excluding carboxylic acids is 1. The average molecular weight is 232 g/mol. The second-order valence-corrected chi connectivity index (χ2v) is 5.11. The molecule has 0 spiro atoms. The number of fused-ring (bicyclic) bond motifs is 1. The third-order valence-electron chi connectivity index (χ3n) is 3.21. The summed E-state index contributed by atoms with van der Waals surface area (Å²) in [5.74, 6) is 1.14. The second kappa shape index (κ2) is 3.87. The fourth-order valence-corrected chi connectivity index (χ4v) is 2.86. The van der Waals surface area contributed by atoms with Crippen LogP contribution in [-0.2, 0) is 0 Å². The lowest BCUT2D eigenvalue weighted by Crippen LogP contribution is -2.35. The molecule has 1 fully saturated rings. The number of hydrogen-bond acceptors (Lipinski definition) is 3. The highest BCUT2D eigenvalue weighted by Gasteiger charge is 2.37. The molecular weight excluding hydrogens is 220 g/mol. The zero-order valence-corrected chi connectivity index (χ0v) is 9.54. The lowest BCUT2D eigenvalue weighted by molar-refractivity contribution is 0.0958. The lowest BCUT2D eigenvalue weighted by atomic mass is 9.74. The number of nitrogens with one attached hydrogen (secondary N) is 1. The Bertz CT molecular complexity index is 461. The molecular formula is C12H12N2OS. The highest BCUT2D eigenvalue weighted by atomic mass is 32.1. The van der Waals surface area contributed by atoms with Crippen LogP contribution >= 0.6 is 11.3 Å². The highest BCUT2D eigenvalue weighted by Crippen LogP contribution is 2.40. The number of allylic oxidation sites excluding steroid dienone is 2. The average Bonchev–Trinajstić information content (AvgIpc) is 2.88. The largest absolute Gasteiger partial charge is 0.281 e. The van der Waals surface area contributed by atoms with E-state index in [-0.39, 0.29) is 5.91 Å². The Morgan fingerprint density at radius 2 is 2.50 bits per heavy atom. The Kier molecular flexibility index (Phi) is 2.36. The van der Waals surface area contributed by atoms with Crippen LogP contribution in [0.4, 0.5) is 0 Å². The van der Waals surface area contributed by atoms with E-state index in [0.29, 0.717) is 16.7 Å². The summed E-state index contributed by atoms with van der Waals surface area (Å²) in [5.41, 5.74) is 3.77. The molecule has 0 unspecified atom stereocenters. The molecule has 82 valence electrons. The van der Waals surface area contributed by atoms with E-state index >= 15 is 0 Å². The molecule has 1 aromatic rings. The topological polar surface area (TPSA) is 41.5 Å². The Hall–Kier alpha value is -1.42. The van der Waals surface area contributed by atoms with E-state index in [1.54, 1.807) is 6.07 Å². The highest BCUT2D eigenvalue weighted by molar-refractivity contribution is 7.12. The van der Waals surface area contributed by atoms with Gasteiger partial charge in [-0.3, -0.25) is 4.79 Å². The summed E-state index contributed by atoms with van der Waals surface area (Å²) in [6, 6.07) is 3.67. The molecule has 2 aliphatic carbocycles. The summed E-state index contributed by atoms with van der Waals surface area (Å²) >= 11 is 1.43. The van der Waals surface area contributed by atoms with Crippen LogP contribution in [0.5, 0.6) is 0 Å². The molecule has 0 radical (unpaired) electrons. The molecule has 3 nitrogen and oxygen atoms in total. The van der Waals surface area contributed by atoms with Gasteiger partial charge in [0.2, 0.25) is 0 Å². The first kappa shape index (κ1) is 9.78. The molecule has 0 saturated heterocycles. The predicted octanol–water partition coefficient (Wildman–Crippen LogP) is 2.43. The Morgan fingerprint density at radius 3 is 3.25 bits per heavy atom. The van der Waals surface area contributed by atoms with E-state index in [1.807, 2.05) is 11.4 Å². The smallest absolute Gasteiger partial charge is 0.266 e. The van der Waals surface area contributed by atoms with Crippen LogP contribution < -0.4 is 5.43 Å². The first-order valence-electron chi connectivity index (χ1n) is 5.41. The fraction of sp³-hybridized carbons (Fsp3) is 0.333. The molecule has 4 heteroatoms. The molecule has 1 heterocycles. The van der Waals surface area contributed by atoms with Crippen LogP contribution in [0.2, 0.25) is 0 Å². The Balaban J connectivity index is 1.61. The lowest BCUT2D eigenvalue weighted by Gasteiger charge is -2.31. The van der Waals surface area contributed by atoms with E-state index in [2.05, 4.69) is 22.7 Å². The summed E-state index contributed by atoms with van der Waals surface area (Å²) in [6.07, 6.45) is 6.55. The van der Waals surface area contributed by atoms with Crippen molar-refractivity contribution in [3.8, 4) is 0 Å². The third-order valence-corrected chi connectivity index (χ3v) is 4.08. The van der Waals surface area contributed by atoms with E-state index in [1.165, 1.54) is 11.3 Å². The number of carbonyl (C=O) groups is 1. The number of hydrazone groups is 1. The summed E-state index contributed by atoms with van der Waals surface area (Å²) in [4.78, 5) is 12.3. The van der Waals surface area contributed by atoms with Crippen LogP contribution in [-0.4, -0.2) is 11.6 Å². The number of nitrogens with zero attached hydrogens (tertiary/aromatic N) is 1. The molecule has 1 saturated carbocycles. The van der Waals surface area contributed by atoms with Crippen LogP contribution in [0.15, 0.2) is 34.8 Å². The van der Waals surface area contributed by atoms with Crippen molar-refractivity contribution in [3.05, 3.63) is 34.5 Å². The zero-order chi connectivity index (χ0) is 11.0. The van der Waals surface area contributed by atoms with Gasteiger partial charge in [0.25, 0.3) is 5.91 Å². The minimum absolute atomic E-state index is 0.100. The van der Waals surface area contributed by atoms with Crippen LogP contribution in [0.25, 0.3) is 0 Å². The van der Waals surface area contributed by atoms with Gasteiger partial charge in [0.1, 0.15) is 0 Å². The summed E-state index contributed by atoms with van der Waals surface area (Å²) in [7, 11) is 0. The molecule has 1 aromatic heterocycles. The zero-order valence-electron chi connectivity index (χ0n) is 8.72. The van der Waals surface area contributed by atoms with Gasteiger partial charge in [-0.05, 0) is 30.2 Å². The quantitative estimate of drug-likeness (QED) is 0.617. The maximum atomic E-state index is 11.6. The summed E-state index contributed by atoms with van der Waals surface area (Å²) < 4.78 is 0. The first-order valence-corrected chi connectivity index (χ1v) is 6.29. The van der Waals surface area contributed by atoms with E-state index < -0.39 is 0 Å². The van der Waals surface area contributed by atoms with Gasteiger partial charge in [-0.15, -0.1) is 11.3 Å². The monoisotopic (exact) mass is 232 g/mol. The second-order valence-electron chi connectivity index (χ2n) is 4.16. The van der Waals surface area contributed by atoms with Crippen molar-refractivity contribution >= 4 is 23.0 Å². The van der Waals surface area contributed by atoms with Gasteiger partial charge < -0.3 is 0 Å². The van der Waals surface area contributed by atoms with E-state index in [0.717, 1.165) is 18.6 Å². The van der Waals surface area contributed by atoms with Crippen molar-refractivity contribution in [2.45, 2.75) is 12.8 Å². The maximum Gasteiger partial charge on any atom is 0.281 e. The summed E-state index contributed by atoms with van der Waals surface area (Å²) in [6.45, 7) is 0. The number of rotatable bonds is 2. The van der Waals surface area contributed by atoms with Crippen molar-refractivity contribution < 1.29 is 4.79 Å². The molecule has 3 rings (SSSR count). The minimum atomic E-state index is -0.100. The fourth-order valence-electron chi connectivity index (χ4n) is 2.25. The number of hydrogen-bond donors (Lipinski definition) is 1. The third kappa shape index (κ3) is 1.59. The van der Waals surface area contributed by atoms with Gasteiger partial charge in [-0.25, -0.2) is 5.43 Å². The predicted molar refractivity (Wildman–Crippen MR) is 64.6 cm³/mol. The molecule has 2 atom stereocenters. The van der Waals surface area contributed by atoms with Gasteiger partial charge in [-0.2, -0.15) is 5.10 Å². The Morgan fingerprint density at radius 1 is 1.56 bits per heavy atom. The van der Waals surface area contributed by atoms with Crippen molar-refractivity contribution in [3.63, 3.8) is 0 Å². The SMILES string of the molecule is O=C(N/N=C1/C[C@H]2C=CC[C@H]12)c1cccs1. The van der Waals surface area contributed by atoms with Gasteiger partial charge in [0, 0.05) is 11.6 Å². The van der Waals surface area contributed by atoms with Crippen molar-refractivity contribution in [2.24, 2.45) is 16.9 Å². The van der Waals surface area contributed by atoms with Gasteiger partial charge in [0.15, 0.2) is 0 Å². The van der Waals surface area contributed by atoms with E-state index in [9.17, 15) is 4.79 Å². The first-order chi connectivity index (χ1) is 7.84. The standard InChI is InChI=1S/C12H12N2OS/c15-12(11-5-2-6-16-11)14-13-10-7-8-3-1-4-9(8)10/h1-3,5-6,8-9H,4,7H2,(H,14,15)/b13-10-/t8-,9+/m1/s1. The van der Waals surface area contributed by atoms with Crippen molar-refractivity contribution in [1.82, 2.24) is 5.43 Å². The molecule has 16 heavy (non-hydrogen) atoms. The van der Waals surface area contributed by atoms with Crippen LogP contribution in [0.1, 0.15) is 22.5 Å². The molecule has 1 amide bonds. The minimum Gasteiger partial charge on any atom is -0.266 e. The molecule has 1 N–H and O–H groups in total. The van der Waals surface area contributed by atoms with Crippen molar-refractivity contribution in [2.75, 3.05) is 0 Å². The molecule has 0 bridgehead atoms. The molecule has 2 aliphatic rings. The van der Waals surface area contributed by atoms with Gasteiger partial charge in [0.05, 0.1) is 4.88 Å². The van der Waals surface area contributed by atoms with E-state index in [4.69, 9.17) is 0 Å². The maximum absolute atomic E-state index is 11.6. The number of thiophene rings is 1. The Labute approximate surface area is 97.9 Å². The van der Waals surface area contributed by atoms with Gasteiger partial charge >= 0.3 is 0 Å². The molecule has 0 aromatic carbocycles. The van der Waals surface area contributed by atoms with Crippen LogP contribution in [0.3, 0.4) is 0 Å².